The lowest BCUT2D eigenvalue weighted by molar-refractivity contribution is -0.118. The Morgan fingerprint density at radius 2 is 2.15 bits per heavy atom. The summed E-state index contributed by atoms with van der Waals surface area (Å²) >= 11 is 7.17. The highest BCUT2D eigenvalue weighted by molar-refractivity contribution is 7.14. The number of anilines is 1. The Bertz CT molecular complexity index is 767. The van der Waals surface area contributed by atoms with Crippen LogP contribution in [-0.2, 0) is 17.7 Å². The van der Waals surface area contributed by atoms with E-state index >= 15 is 0 Å². The van der Waals surface area contributed by atoms with Crippen molar-refractivity contribution in [2.45, 2.75) is 44.0 Å². The van der Waals surface area contributed by atoms with Crippen LogP contribution in [0.1, 0.15) is 46.7 Å². The Balaban J connectivity index is 1.69. The lowest BCUT2D eigenvalue weighted by atomic mass is 9.97. The van der Waals surface area contributed by atoms with Crippen molar-refractivity contribution in [2.24, 2.45) is 13.0 Å². The zero-order valence-electron chi connectivity index (χ0n) is 14.7. The molecule has 0 aliphatic heterocycles. The standard InChI is InChI=1S/C18H23ClN4O2S/c1-23-11-13(10-20-23)21-17(24)15(8-12-4-2-3-5-12)22-18(25)16-7-6-14(9-19)26-16/h6-7,10-12,15H,2-5,8-9H2,1H3,(H,21,24)(H,22,25)/t15-/m0/s1. The molecule has 1 saturated carbocycles. The Morgan fingerprint density at radius 1 is 1.38 bits per heavy atom. The Labute approximate surface area is 161 Å². The minimum Gasteiger partial charge on any atom is -0.340 e. The van der Waals surface area contributed by atoms with Gasteiger partial charge in [-0.15, -0.1) is 22.9 Å². The smallest absolute Gasteiger partial charge is 0.262 e. The quantitative estimate of drug-likeness (QED) is 0.705. The van der Waals surface area contributed by atoms with Crippen molar-refractivity contribution >= 4 is 40.4 Å². The molecule has 2 aromatic heterocycles. The zero-order valence-corrected chi connectivity index (χ0v) is 16.3. The van der Waals surface area contributed by atoms with Gasteiger partial charge < -0.3 is 10.6 Å². The summed E-state index contributed by atoms with van der Waals surface area (Å²) in [5.74, 6) is 0.426. The van der Waals surface area contributed by atoms with Gasteiger partial charge in [-0.05, 0) is 24.5 Å². The van der Waals surface area contributed by atoms with Crippen LogP contribution in [0, 0.1) is 5.92 Å². The van der Waals surface area contributed by atoms with Crippen molar-refractivity contribution in [1.29, 1.82) is 0 Å². The van der Waals surface area contributed by atoms with E-state index in [0.717, 1.165) is 17.7 Å². The number of carbonyl (C=O) groups is 2. The number of rotatable bonds is 7. The lowest BCUT2D eigenvalue weighted by Gasteiger charge is -2.21. The molecule has 3 rings (SSSR count). The van der Waals surface area contributed by atoms with E-state index < -0.39 is 6.04 Å². The van der Waals surface area contributed by atoms with Crippen molar-refractivity contribution in [3.05, 3.63) is 34.3 Å². The van der Waals surface area contributed by atoms with Crippen molar-refractivity contribution in [3.8, 4) is 0 Å². The van der Waals surface area contributed by atoms with E-state index in [1.165, 1.54) is 24.2 Å². The van der Waals surface area contributed by atoms with Gasteiger partial charge in [-0.3, -0.25) is 14.3 Å². The van der Waals surface area contributed by atoms with E-state index in [-0.39, 0.29) is 11.8 Å². The summed E-state index contributed by atoms with van der Waals surface area (Å²) in [4.78, 5) is 26.8. The number of aromatic nitrogens is 2. The van der Waals surface area contributed by atoms with Gasteiger partial charge in [-0.25, -0.2) is 0 Å². The molecule has 0 saturated heterocycles. The first-order valence-corrected chi connectivity index (χ1v) is 10.2. The molecule has 1 fully saturated rings. The second kappa shape index (κ2) is 8.68. The molecule has 8 heteroatoms. The maximum absolute atomic E-state index is 12.8. The fraction of sp³-hybridized carbons (Fsp3) is 0.500. The third-order valence-corrected chi connectivity index (χ3v) is 6.19. The molecule has 0 spiro atoms. The van der Waals surface area contributed by atoms with Crippen LogP contribution < -0.4 is 10.6 Å². The van der Waals surface area contributed by atoms with Crippen LogP contribution in [-0.4, -0.2) is 27.6 Å². The molecule has 0 aromatic carbocycles. The van der Waals surface area contributed by atoms with E-state index in [1.807, 2.05) is 6.07 Å². The summed E-state index contributed by atoms with van der Waals surface area (Å²) in [5.41, 5.74) is 0.628. The lowest BCUT2D eigenvalue weighted by Crippen LogP contribution is -2.44. The largest absolute Gasteiger partial charge is 0.340 e. The average Bonchev–Trinajstić information content (AvgIpc) is 3.36. The molecule has 2 N–H and O–H groups in total. The number of amides is 2. The number of nitrogens with one attached hydrogen (secondary N) is 2. The van der Waals surface area contributed by atoms with Gasteiger partial charge in [-0.2, -0.15) is 5.10 Å². The topological polar surface area (TPSA) is 76.0 Å². The number of hydrogen-bond donors (Lipinski definition) is 2. The highest BCUT2D eigenvalue weighted by Gasteiger charge is 2.27. The summed E-state index contributed by atoms with van der Waals surface area (Å²) < 4.78 is 1.62. The van der Waals surface area contributed by atoms with Gasteiger partial charge in [0, 0.05) is 18.1 Å². The minimum absolute atomic E-state index is 0.202. The van der Waals surface area contributed by atoms with Crippen molar-refractivity contribution in [3.63, 3.8) is 0 Å². The fourth-order valence-electron chi connectivity index (χ4n) is 3.33. The molecule has 0 unspecified atom stereocenters. The SMILES string of the molecule is Cn1cc(NC(=O)[C@H](CC2CCCC2)NC(=O)c2ccc(CCl)s2)cn1. The maximum atomic E-state index is 12.8. The van der Waals surface area contributed by atoms with Crippen LogP contribution in [0.3, 0.4) is 0 Å². The number of aryl methyl sites for hydroxylation is 1. The highest BCUT2D eigenvalue weighted by Crippen LogP contribution is 2.29. The summed E-state index contributed by atoms with van der Waals surface area (Å²) in [6, 6.07) is 3.03. The van der Waals surface area contributed by atoms with Crippen LogP contribution >= 0.6 is 22.9 Å². The average molecular weight is 395 g/mol. The van der Waals surface area contributed by atoms with Gasteiger partial charge in [0.2, 0.25) is 5.91 Å². The fourth-order valence-corrected chi connectivity index (χ4v) is 4.34. The molecule has 0 radical (unpaired) electrons. The number of thiophene rings is 1. The molecule has 2 heterocycles. The van der Waals surface area contributed by atoms with Gasteiger partial charge in [0.15, 0.2) is 0 Å². The first kappa shape index (κ1) is 18.9. The number of nitrogens with zero attached hydrogens (tertiary/aromatic N) is 2. The summed E-state index contributed by atoms with van der Waals surface area (Å²) in [7, 11) is 1.79. The highest BCUT2D eigenvalue weighted by atomic mass is 35.5. The van der Waals surface area contributed by atoms with Crippen molar-refractivity contribution in [2.75, 3.05) is 5.32 Å². The zero-order chi connectivity index (χ0) is 18.5. The Hall–Kier alpha value is -1.86. The number of hydrogen-bond acceptors (Lipinski definition) is 4. The predicted octanol–water partition coefficient (Wildman–Crippen LogP) is 3.54. The molecule has 2 aromatic rings. The van der Waals surface area contributed by atoms with E-state index in [1.54, 1.807) is 30.2 Å². The van der Waals surface area contributed by atoms with Gasteiger partial charge in [0.05, 0.1) is 22.6 Å². The Morgan fingerprint density at radius 3 is 2.77 bits per heavy atom. The molecule has 6 nitrogen and oxygen atoms in total. The normalized spacial score (nSPS) is 15.8. The first-order valence-electron chi connectivity index (χ1n) is 8.80. The second-order valence-electron chi connectivity index (χ2n) is 6.70. The van der Waals surface area contributed by atoms with Gasteiger partial charge >= 0.3 is 0 Å². The van der Waals surface area contributed by atoms with Gasteiger partial charge in [0.25, 0.3) is 5.91 Å². The number of alkyl halides is 1. The number of halogens is 1. The van der Waals surface area contributed by atoms with Gasteiger partial charge in [-0.1, -0.05) is 25.7 Å². The molecule has 2 amide bonds. The second-order valence-corrected chi connectivity index (χ2v) is 8.14. The van der Waals surface area contributed by atoms with Gasteiger partial charge in [0.1, 0.15) is 6.04 Å². The summed E-state index contributed by atoms with van der Waals surface area (Å²) in [6.07, 6.45) is 8.60. The van der Waals surface area contributed by atoms with E-state index in [4.69, 9.17) is 11.6 Å². The van der Waals surface area contributed by atoms with E-state index in [9.17, 15) is 9.59 Å². The maximum Gasteiger partial charge on any atom is 0.262 e. The molecule has 26 heavy (non-hydrogen) atoms. The molecule has 0 bridgehead atoms. The van der Waals surface area contributed by atoms with Crippen LogP contribution in [0.5, 0.6) is 0 Å². The predicted molar refractivity (Wildman–Crippen MR) is 104 cm³/mol. The molecular weight excluding hydrogens is 372 g/mol. The molecule has 140 valence electrons. The third kappa shape index (κ3) is 4.86. The van der Waals surface area contributed by atoms with Crippen LogP contribution in [0.4, 0.5) is 5.69 Å². The van der Waals surface area contributed by atoms with Crippen LogP contribution in [0.15, 0.2) is 24.5 Å². The van der Waals surface area contributed by atoms with E-state index in [0.29, 0.717) is 28.8 Å². The van der Waals surface area contributed by atoms with Crippen molar-refractivity contribution < 1.29 is 9.59 Å². The van der Waals surface area contributed by atoms with Crippen molar-refractivity contribution in [1.82, 2.24) is 15.1 Å². The van der Waals surface area contributed by atoms with Crippen LogP contribution in [0.25, 0.3) is 0 Å². The minimum atomic E-state index is -0.563. The molecule has 1 aliphatic rings. The monoisotopic (exact) mass is 394 g/mol. The molecule has 1 aliphatic carbocycles. The van der Waals surface area contributed by atoms with Crippen LogP contribution in [0.2, 0.25) is 0 Å². The number of carbonyl (C=O) groups excluding carboxylic acids is 2. The van der Waals surface area contributed by atoms with E-state index in [2.05, 4.69) is 15.7 Å². The molecular formula is C18H23ClN4O2S. The summed E-state index contributed by atoms with van der Waals surface area (Å²) in [5, 5.41) is 9.83. The molecule has 1 atom stereocenters. The Kier molecular flexibility index (Phi) is 6.32. The summed E-state index contributed by atoms with van der Waals surface area (Å²) in [6.45, 7) is 0. The first-order chi connectivity index (χ1) is 12.5. The third-order valence-electron chi connectivity index (χ3n) is 4.66.